The van der Waals surface area contributed by atoms with E-state index in [-0.39, 0.29) is 28.6 Å². The summed E-state index contributed by atoms with van der Waals surface area (Å²) in [7, 11) is -3.32. The summed E-state index contributed by atoms with van der Waals surface area (Å²) in [5.74, 6) is 0.510. The van der Waals surface area contributed by atoms with E-state index in [4.69, 9.17) is 0 Å². The maximum Gasteiger partial charge on any atom is 0.266 e. The smallest absolute Gasteiger partial charge is 0.266 e. The van der Waals surface area contributed by atoms with Crippen LogP contribution in [0.2, 0.25) is 0 Å². The van der Waals surface area contributed by atoms with Crippen LogP contribution < -0.4 is 5.56 Å². The second-order valence-electron chi connectivity index (χ2n) is 6.52. The van der Waals surface area contributed by atoms with E-state index in [1.54, 1.807) is 41.1 Å². The van der Waals surface area contributed by atoms with Gasteiger partial charge in [-0.25, -0.2) is 13.4 Å². The second kappa shape index (κ2) is 8.23. The van der Waals surface area contributed by atoms with Gasteiger partial charge >= 0.3 is 0 Å². The fourth-order valence-electron chi connectivity index (χ4n) is 3.16. The monoisotopic (exact) mass is 429 g/mol. The van der Waals surface area contributed by atoms with Crippen molar-refractivity contribution in [3.63, 3.8) is 0 Å². The van der Waals surface area contributed by atoms with Gasteiger partial charge in [-0.15, -0.1) is 12.4 Å². The van der Waals surface area contributed by atoms with Crippen LogP contribution in [0.5, 0.6) is 0 Å². The van der Waals surface area contributed by atoms with Crippen LogP contribution in [0, 0.1) is 0 Å². The third-order valence-corrected chi connectivity index (χ3v) is 6.44. The van der Waals surface area contributed by atoms with Crippen LogP contribution in [0.25, 0.3) is 28.1 Å². The van der Waals surface area contributed by atoms with Gasteiger partial charge in [-0.3, -0.25) is 9.36 Å². The molecule has 0 fully saturated rings. The lowest BCUT2D eigenvalue weighted by Gasteiger charge is -2.06. The minimum atomic E-state index is -3.32. The first-order valence-corrected chi connectivity index (χ1v) is 10.6. The van der Waals surface area contributed by atoms with Crippen LogP contribution in [0.15, 0.2) is 76.6 Å². The molecule has 0 saturated heterocycles. The number of halogens is 1. The topological polar surface area (TPSA) is 84.8 Å². The zero-order valence-electron chi connectivity index (χ0n) is 15.7. The number of aromatic amines is 1. The fraction of sp³-hybridized carbons (Fsp3) is 0.143. The third-order valence-electron chi connectivity index (χ3n) is 4.52. The Bertz CT molecular complexity index is 1310. The Morgan fingerprint density at radius 3 is 2.52 bits per heavy atom. The van der Waals surface area contributed by atoms with E-state index in [2.05, 4.69) is 9.97 Å². The van der Waals surface area contributed by atoms with E-state index in [1.165, 1.54) is 0 Å². The molecule has 0 radical (unpaired) electrons. The van der Waals surface area contributed by atoms with Crippen LogP contribution in [0.1, 0.15) is 13.3 Å². The molecule has 0 amide bonds. The van der Waals surface area contributed by atoms with Crippen molar-refractivity contribution in [1.82, 2.24) is 14.5 Å². The number of pyridine rings is 1. The first-order chi connectivity index (χ1) is 13.5. The molecule has 0 aliphatic rings. The highest BCUT2D eigenvalue weighted by atomic mass is 35.5. The molecule has 1 N–H and O–H groups in total. The number of benzene rings is 2. The normalized spacial score (nSPS) is 11.3. The van der Waals surface area contributed by atoms with Crippen molar-refractivity contribution < 1.29 is 8.42 Å². The van der Waals surface area contributed by atoms with Gasteiger partial charge in [-0.05, 0) is 48.9 Å². The highest BCUT2D eigenvalue weighted by Crippen LogP contribution is 2.22. The predicted molar refractivity (Wildman–Crippen MR) is 117 cm³/mol. The molecule has 0 aliphatic heterocycles. The van der Waals surface area contributed by atoms with E-state index < -0.39 is 9.84 Å². The van der Waals surface area contributed by atoms with Crippen LogP contribution in [0.4, 0.5) is 0 Å². The summed E-state index contributed by atoms with van der Waals surface area (Å²) in [6.45, 7) is 1.83. The summed E-state index contributed by atoms with van der Waals surface area (Å²) in [5, 5.41) is 0. The van der Waals surface area contributed by atoms with Crippen LogP contribution >= 0.6 is 12.4 Å². The van der Waals surface area contributed by atoms with Gasteiger partial charge in [0.1, 0.15) is 5.82 Å². The number of imidazole rings is 1. The van der Waals surface area contributed by atoms with Gasteiger partial charge < -0.3 is 4.98 Å². The molecule has 6 nitrogen and oxygen atoms in total. The zero-order valence-corrected chi connectivity index (χ0v) is 17.3. The number of nitrogens with zero attached hydrogens (tertiary/aromatic N) is 2. The molecule has 4 aromatic rings. The van der Waals surface area contributed by atoms with Crippen LogP contribution in [-0.4, -0.2) is 28.7 Å². The van der Waals surface area contributed by atoms with Crippen molar-refractivity contribution >= 4 is 33.3 Å². The van der Waals surface area contributed by atoms with E-state index in [9.17, 15) is 13.2 Å². The molecule has 0 aliphatic carbocycles. The van der Waals surface area contributed by atoms with E-state index in [0.717, 1.165) is 5.69 Å². The standard InChI is InChI=1S/C21H19N3O3S.ClH/c1-2-13-28(26,27)16-10-11-18-19(14-16)23-20(22-18)17-9-6-12-24(21(17)25)15-7-4-3-5-8-15;/h3-12,14H,2,13H2,1H3,(H,22,23);1H. The molecule has 2 aromatic carbocycles. The summed E-state index contributed by atoms with van der Waals surface area (Å²) in [5.41, 5.74) is 2.17. The number of sulfone groups is 1. The molecule has 0 atom stereocenters. The molecule has 0 spiro atoms. The molecule has 0 unspecified atom stereocenters. The largest absolute Gasteiger partial charge is 0.338 e. The number of fused-ring (bicyclic) bond motifs is 1. The van der Waals surface area contributed by atoms with Crippen molar-refractivity contribution in [1.29, 1.82) is 0 Å². The number of aromatic nitrogens is 3. The Morgan fingerprint density at radius 1 is 1.03 bits per heavy atom. The van der Waals surface area contributed by atoms with Crippen molar-refractivity contribution in [2.45, 2.75) is 18.2 Å². The summed E-state index contributed by atoms with van der Waals surface area (Å²) >= 11 is 0. The molecule has 0 bridgehead atoms. The van der Waals surface area contributed by atoms with Crippen molar-refractivity contribution in [3.8, 4) is 17.1 Å². The fourth-order valence-corrected chi connectivity index (χ4v) is 4.51. The number of para-hydroxylation sites is 1. The lowest BCUT2D eigenvalue weighted by Crippen LogP contribution is -2.19. The highest BCUT2D eigenvalue weighted by Gasteiger charge is 2.16. The lowest BCUT2D eigenvalue weighted by atomic mass is 10.2. The Balaban J connectivity index is 0.00000240. The van der Waals surface area contributed by atoms with E-state index in [1.807, 2.05) is 37.3 Å². The van der Waals surface area contributed by atoms with E-state index in [0.29, 0.717) is 28.8 Å². The minimum Gasteiger partial charge on any atom is -0.338 e. The second-order valence-corrected chi connectivity index (χ2v) is 8.62. The SMILES string of the molecule is CCCS(=O)(=O)c1ccc2nc(-c3cccn(-c4ccccc4)c3=O)[nH]c2c1.Cl. The summed E-state index contributed by atoms with van der Waals surface area (Å²) in [4.78, 5) is 20.8. The molecular weight excluding hydrogens is 410 g/mol. The summed E-state index contributed by atoms with van der Waals surface area (Å²) < 4.78 is 26.2. The zero-order chi connectivity index (χ0) is 19.7. The maximum absolute atomic E-state index is 13.0. The summed E-state index contributed by atoms with van der Waals surface area (Å²) in [6.07, 6.45) is 2.26. The number of hydrogen-bond acceptors (Lipinski definition) is 4. The first kappa shape index (κ1) is 20.8. The average molecular weight is 430 g/mol. The highest BCUT2D eigenvalue weighted by molar-refractivity contribution is 7.91. The number of rotatable bonds is 5. The molecule has 2 heterocycles. The molecule has 29 heavy (non-hydrogen) atoms. The van der Waals surface area contributed by atoms with Crippen LogP contribution in [-0.2, 0) is 9.84 Å². The van der Waals surface area contributed by atoms with Crippen LogP contribution in [0.3, 0.4) is 0 Å². The Kier molecular flexibility index (Phi) is 5.91. The molecular formula is C21H20ClN3O3S. The van der Waals surface area contributed by atoms with Gasteiger partial charge in [0.05, 0.1) is 27.2 Å². The predicted octanol–water partition coefficient (Wildman–Crippen LogP) is 3.99. The molecule has 2 aromatic heterocycles. The van der Waals surface area contributed by atoms with E-state index >= 15 is 0 Å². The number of H-pyrrole nitrogens is 1. The average Bonchev–Trinajstić information content (AvgIpc) is 3.12. The minimum absolute atomic E-state index is 0. The molecule has 4 rings (SSSR count). The third kappa shape index (κ3) is 3.97. The summed E-state index contributed by atoms with van der Waals surface area (Å²) in [6, 6.07) is 17.6. The van der Waals surface area contributed by atoms with Crippen molar-refractivity contribution in [2.24, 2.45) is 0 Å². The Hall–Kier alpha value is -2.90. The Labute approximate surface area is 174 Å². The Morgan fingerprint density at radius 2 is 1.79 bits per heavy atom. The van der Waals surface area contributed by atoms with Gasteiger partial charge in [0.15, 0.2) is 9.84 Å². The van der Waals surface area contributed by atoms with Gasteiger partial charge in [0.2, 0.25) is 0 Å². The van der Waals surface area contributed by atoms with Crippen molar-refractivity contribution in [2.75, 3.05) is 5.75 Å². The quantitative estimate of drug-likeness (QED) is 0.519. The van der Waals surface area contributed by atoms with Gasteiger partial charge in [0.25, 0.3) is 5.56 Å². The lowest BCUT2D eigenvalue weighted by molar-refractivity contribution is 0.595. The van der Waals surface area contributed by atoms with Gasteiger partial charge in [-0.2, -0.15) is 0 Å². The first-order valence-electron chi connectivity index (χ1n) is 8.99. The maximum atomic E-state index is 13.0. The molecule has 0 saturated carbocycles. The van der Waals surface area contributed by atoms with Gasteiger partial charge in [-0.1, -0.05) is 25.1 Å². The molecule has 150 valence electrons. The van der Waals surface area contributed by atoms with Crippen molar-refractivity contribution in [3.05, 3.63) is 77.2 Å². The van der Waals surface area contributed by atoms with Gasteiger partial charge in [0, 0.05) is 11.9 Å². The number of hydrogen-bond donors (Lipinski definition) is 1. The number of nitrogens with one attached hydrogen (secondary N) is 1. The molecule has 8 heteroatoms.